The summed E-state index contributed by atoms with van der Waals surface area (Å²) in [5.74, 6) is 0.709. The van der Waals surface area contributed by atoms with Gasteiger partial charge in [0.15, 0.2) is 0 Å². The van der Waals surface area contributed by atoms with Crippen molar-refractivity contribution >= 4 is 11.6 Å². The first-order valence-electron chi connectivity index (χ1n) is 7.32. The Bertz CT molecular complexity index is 209. The molecular weight excluding hydrogens is 212 g/mol. The second-order valence-electron chi connectivity index (χ2n) is 5.26. The Morgan fingerprint density at radius 2 is 0.706 bits per heavy atom. The van der Waals surface area contributed by atoms with E-state index in [4.69, 9.17) is 0 Å². The number of Topliss-reactive ketones (excluding diaryl/α,β-unsaturated/α-hetero) is 2. The van der Waals surface area contributed by atoms with Crippen molar-refractivity contribution in [2.45, 2.75) is 83.5 Å². The summed E-state index contributed by atoms with van der Waals surface area (Å²) in [5, 5.41) is 0. The molecule has 2 nitrogen and oxygen atoms in total. The molecule has 1 aliphatic carbocycles. The van der Waals surface area contributed by atoms with Gasteiger partial charge < -0.3 is 0 Å². The molecule has 0 N–H and O–H groups in total. The van der Waals surface area contributed by atoms with Crippen LogP contribution in [0.1, 0.15) is 83.5 Å². The van der Waals surface area contributed by atoms with Crippen LogP contribution < -0.4 is 0 Å². The van der Waals surface area contributed by atoms with Gasteiger partial charge in [-0.05, 0) is 19.3 Å². The summed E-state index contributed by atoms with van der Waals surface area (Å²) in [4.78, 5) is 23.0. The summed E-state index contributed by atoms with van der Waals surface area (Å²) < 4.78 is 0. The van der Waals surface area contributed by atoms with Crippen molar-refractivity contribution in [3.63, 3.8) is 0 Å². The Balaban J connectivity index is 2.24. The average molecular weight is 238 g/mol. The fraction of sp³-hybridized carbons (Fsp3) is 0.867. The lowest BCUT2D eigenvalue weighted by atomic mass is 10.0. The molecular formula is C15H26O2. The van der Waals surface area contributed by atoms with Crippen molar-refractivity contribution < 1.29 is 9.59 Å². The van der Waals surface area contributed by atoms with E-state index in [0.29, 0.717) is 24.4 Å². The van der Waals surface area contributed by atoms with Crippen molar-refractivity contribution in [3.8, 4) is 0 Å². The summed E-state index contributed by atoms with van der Waals surface area (Å²) in [6.07, 6.45) is 13.1. The van der Waals surface area contributed by atoms with Gasteiger partial charge >= 0.3 is 0 Å². The zero-order valence-electron chi connectivity index (χ0n) is 11.0. The van der Waals surface area contributed by atoms with E-state index >= 15 is 0 Å². The third-order valence-electron chi connectivity index (χ3n) is 3.57. The molecule has 0 atom stereocenters. The van der Waals surface area contributed by atoms with Gasteiger partial charge in [-0.15, -0.1) is 0 Å². The number of rotatable bonds is 0. The highest BCUT2D eigenvalue weighted by Gasteiger charge is 2.06. The highest BCUT2D eigenvalue weighted by molar-refractivity contribution is 5.81. The van der Waals surface area contributed by atoms with Crippen molar-refractivity contribution in [1.29, 1.82) is 0 Å². The standard InChI is InChI=1S/C15H26O2/c16-14-10-7-5-3-1-2-4-6-8-11-15(17)13-9-12-14/h1-13H2. The zero-order valence-corrected chi connectivity index (χ0v) is 11.0. The highest BCUT2D eigenvalue weighted by atomic mass is 16.1. The van der Waals surface area contributed by atoms with Crippen molar-refractivity contribution in [2.75, 3.05) is 0 Å². The largest absolute Gasteiger partial charge is 0.300 e. The average Bonchev–Trinajstić information content (AvgIpc) is 2.31. The van der Waals surface area contributed by atoms with Gasteiger partial charge in [0.05, 0.1) is 0 Å². The van der Waals surface area contributed by atoms with E-state index in [-0.39, 0.29) is 0 Å². The van der Waals surface area contributed by atoms with E-state index in [2.05, 4.69) is 0 Å². The Labute approximate surface area is 105 Å². The zero-order chi connectivity index (χ0) is 12.3. The summed E-state index contributed by atoms with van der Waals surface area (Å²) in [6, 6.07) is 0. The molecule has 0 bridgehead atoms. The minimum Gasteiger partial charge on any atom is -0.300 e. The summed E-state index contributed by atoms with van der Waals surface area (Å²) in [5.41, 5.74) is 0. The van der Waals surface area contributed by atoms with E-state index < -0.39 is 0 Å². The van der Waals surface area contributed by atoms with Crippen LogP contribution in [-0.2, 0) is 9.59 Å². The maximum absolute atomic E-state index is 11.5. The summed E-state index contributed by atoms with van der Waals surface area (Å²) in [7, 11) is 0. The van der Waals surface area contributed by atoms with E-state index in [1.54, 1.807) is 0 Å². The maximum Gasteiger partial charge on any atom is 0.132 e. The monoisotopic (exact) mass is 238 g/mol. The van der Waals surface area contributed by atoms with E-state index in [0.717, 1.165) is 32.1 Å². The molecule has 1 fully saturated rings. The van der Waals surface area contributed by atoms with Crippen LogP contribution >= 0.6 is 0 Å². The molecule has 0 aromatic rings. The van der Waals surface area contributed by atoms with Gasteiger partial charge in [-0.3, -0.25) is 9.59 Å². The minimum absolute atomic E-state index is 0.354. The number of hydrogen-bond donors (Lipinski definition) is 0. The Hall–Kier alpha value is -0.660. The third-order valence-corrected chi connectivity index (χ3v) is 3.57. The first-order valence-corrected chi connectivity index (χ1v) is 7.32. The van der Waals surface area contributed by atoms with Crippen molar-refractivity contribution in [2.24, 2.45) is 0 Å². The van der Waals surface area contributed by atoms with Crippen LogP contribution in [0.2, 0.25) is 0 Å². The number of hydrogen-bond acceptors (Lipinski definition) is 2. The second kappa shape index (κ2) is 9.38. The predicted octanol–water partition coefficient (Wildman–Crippen LogP) is 4.21. The first kappa shape index (κ1) is 14.4. The fourth-order valence-electron chi connectivity index (χ4n) is 2.44. The Morgan fingerprint density at radius 1 is 0.412 bits per heavy atom. The fourth-order valence-corrected chi connectivity index (χ4v) is 2.44. The van der Waals surface area contributed by atoms with Crippen molar-refractivity contribution in [1.82, 2.24) is 0 Å². The molecule has 0 heterocycles. The lowest BCUT2D eigenvalue weighted by Gasteiger charge is -2.01. The molecule has 0 aromatic carbocycles. The molecule has 0 amide bonds. The Morgan fingerprint density at radius 3 is 1.12 bits per heavy atom. The molecule has 2 heteroatoms. The molecule has 17 heavy (non-hydrogen) atoms. The van der Waals surface area contributed by atoms with Crippen LogP contribution in [-0.4, -0.2) is 11.6 Å². The number of carbonyl (C=O) groups excluding carboxylic acids is 2. The quantitative estimate of drug-likeness (QED) is 0.633. The minimum atomic E-state index is 0.354. The number of ketones is 2. The predicted molar refractivity (Wildman–Crippen MR) is 70.0 cm³/mol. The first-order chi connectivity index (χ1) is 8.29. The van der Waals surface area contributed by atoms with Gasteiger partial charge in [0, 0.05) is 25.7 Å². The van der Waals surface area contributed by atoms with Gasteiger partial charge in [-0.25, -0.2) is 0 Å². The van der Waals surface area contributed by atoms with Gasteiger partial charge in [0.1, 0.15) is 11.6 Å². The topological polar surface area (TPSA) is 34.1 Å². The van der Waals surface area contributed by atoms with Gasteiger partial charge in [0.2, 0.25) is 0 Å². The molecule has 1 rings (SSSR count). The van der Waals surface area contributed by atoms with E-state index in [1.165, 1.54) is 38.5 Å². The lowest BCUT2D eigenvalue weighted by Crippen LogP contribution is -2.02. The van der Waals surface area contributed by atoms with Crippen LogP contribution in [0.5, 0.6) is 0 Å². The van der Waals surface area contributed by atoms with Gasteiger partial charge in [0.25, 0.3) is 0 Å². The van der Waals surface area contributed by atoms with Crippen LogP contribution in [0.15, 0.2) is 0 Å². The normalized spacial score (nSPS) is 22.8. The smallest absolute Gasteiger partial charge is 0.132 e. The van der Waals surface area contributed by atoms with E-state index in [1.807, 2.05) is 0 Å². The SMILES string of the molecule is O=C1CCCCCCCCCCC(=O)CCC1. The Kier molecular flexibility index (Phi) is 7.94. The van der Waals surface area contributed by atoms with Crippen LogP contribution in [0.4, 0.5) is 0 Å². The molecule has 0 spiro atoms. The molecule has 98 valence electrons. The van der Waals surface area contributed by atoms with Gasteiger partial charge in [-0.2, -0.15) is 0 Å². The molecule has 0 aliphatic heterocycles. The third kappa shape index (κ3) is 8.12. The summed E-state index contributed by atoms with van der Waals surface area (Å²) in [6.45, 7) is 0. The lowest BCUT2D eigenvalue weighted by molar-refractivity contribution is -0.120. The highest BCUT2D eigenvalue weighted by Crippen LogP contribution is 2.13. The molecule has 0 aromatic heterocycles. The molecule has 1 saturated carbocycles. The molecule has 1 aliphatic rings. The van der Waals surface area contributed by atoms with Crippen LogP contribution in [0, 0.1) is 0 Å². The van der Waals surface area contributed by atoms with Crippen LogP contribution in [0.3, 0.4) is 0 Å². The molecule has 0 saturated heterocycles. The second-order valence-corrected chi connectivity index (χ2v) is 5.26. The van der Waals surface area contributed by atoms with Crippen LogP contribution in [0.25, 0.3) is 0 Å². The van der Waals surface area contributed by atoms with Gasteiger partial charge in [-0.1, -0.05) is 38.5 Å². The summed E-state index contributed by atoms with van der Waals surface area (Å²) >= 11 is 0. The number of carbonyl (C=O) groups is 2. The molecule has 0 radical (unpaired) electrons. The van der Waals surface area contributed by atoms with E-state index in [9.17, 15) is 9.59 Å². The molecule has 0 unspecified atom stereocenters. The van der Waals surface area contributed by atoms with Crippen molar-refractivity contribution in [3.05, 3.63) is 0 Å². The maximum atomic E-state index is 11.5.